The van der Waals surface area contributed by atoms with E-state index in [1.165, 1.54) is 0 Å². The molecule has 0 spiro atoms. The third kappa shape index (κ3) is 2.00. The lowest BCUT2D eigenvalue weighted by atomic mass is 9.97. The molecule has 1 aliphatic rings. The Morgan fingerprint density at radius 1 is 1.42 bits per heavy atom. The first-order valence-corrected chi connectivity index (χ1v) is 4.33. The second-order valence-corrected chi connectivity index (χ2v) is 3.72. The molecule has 1 aliphatic heterocycles. The van der Waals surface area contributed by atoms with Gasteiger partial charge < -0.3 is 9.47 Å². The Morgan fingerprint density at radius 3 is 2.25 bits per heavy atom. The van der Waals surface area contributed by atoms with E-state index in [1.807, 2.05) is 0 Å². The Hall–Kier alpha value is -0.520. The van der Waals surface area contributed by atoms with Crippen molar-refractivity contribution in [1.29, 1.82) is 0 Å². The standard InChI is InChI=1S/C10H16O2/c1-5-10(4)11-6-9(7-12-10)8(2)3/h1,8-9H,6-7H2,2-4H3. The maximum Gasteiger partial charge on any atom is 0.230 e. The average molecular weight is 168 g/mol. The molecule has 1 rings (SSSR count). The fraction of sp³-hybridized carbons (Fsp3) is 0.800. The summed E-state index contributed by atoms with van der Waals surface area (Å²) in [6, 6.07) is 0. The number of terminal acetylenes is 1. The van der Waals surface area contributed by atoms with Gasteiger partial charge in [0.25, 0.3) is 0 Å². The van der Waals surface area contributed by atoms with E-state index in [9.17, 15) is 0 Å². The minimum Gasteiger partial charge on any atom is -0.340 e. The van der Waals surface area contributed by atoms with Crippen molar-refractivity contribution < 1.29 is 9.47 Å². The third-order valence-electron chi connectivity index (χ3n) is 2.35. The predicted molar refractivity (Wildman–Crippen MR) is 47.5 cm³/mol. The van der Waals surface area contributed by atoms with Gasteiger partial charge >= 0.3 is 0 Å². The van der Waals surface area contributed by atoms with Crippen molar-refractivity contribution in [3.63, 3.8) is 0 Å². The fourth-order valence-corrected chi connectivity index (χ4v) is 1.09. The lowest BCUT2D eigenvalue weighted by molar-refractivity contribution is -0.242. The van der Waals surface area contributed by atoms with E-state index in [4.69, 9.17) is 15.9 Å². The summed E-state index contributed by atoms with van der Waals surface area (Å²) < 4.78 is 10.9. The molecule has 0 saturated carbocycles. The smallest absolute Gasteiger partial charge is 0.230 e. The quantitative estimate of drug-likeness (QED) is 0.554. The van der Waals surface area contributed by atoms with Gasteiger partial charge in [-0.05, 0) is 11.8 Å². The van der Waals surface area contributed by atoms with Gasteiger partial charge in [0.2, 0.25) is 5.79 Å². The lowest BCUT2D eigenvalue weighted by Gasteiger charge is -2.35. The predicted octanol–water partition coefficient (Wildman–Crippen LogP) is 1.65. The van der Waals surface area contributed by atoms with Gasteiger partial charge in [-0.15, -0.1) is 6.42 Å². The van der Waals surface area contributed by atoms with E-state index in [1.54, 1.807) is 6.92 Å². The van der Waals surface area contributed by atoms with Crippen LogP contribution >= 0.6 is 0 Å². The van der Waals surface area contributed by atoms with Crippen molar-refractivity contribution in [1.82, 2.24) is 0 Å². The zero-order chi connectivity index (χ0) is 9.19. The highest BCUT2D eigenvalue weighted by atomic mass is 16.7. The van der Waals surface area contributed by atoms with Gasteiger partial charge in [-0.2, -0.15) is 0 Å². The molecule has 0 aromatic carbocycles. The minimum atomic E-state index is -0.786. The Morgan fingerprint density at radius 2 is 1.92 bits per heavy atom. The Bertz CT molecular complexity index is 183. The van der Waals surface area contributed by atoms with Crippen molar-refractivity contribution in [2.45, 2.75) is 26.6 Å². The van der Waals surface area contributed by atoms with Crippen molar-refractivity contribution in [2.75, 3.05) is 13.2 Å². The first-order valence-electron chi connectivity index (χ1n) is 4.33. The minimum absolute atomic E-state index is 0.478. The van der Waals surface area contributed by atoms with E-state index in [0.717, 1.165) is 0 Å². The molecule has 12 heavy (non-hydrogen) atoms. The van der Waals surface area contributed by atoms with Gasteiger partial charge in [0, 0.05) is 12.8 Å². The summed E-state index contributed by atoms with van der Waals surface area (Å²) >= 11 is 0. The molecule has 2 heteroatoms. The molecule has 0 aromatic rings. The highest BCUT2D eigenvalue weighted by Gasteiger charge is 2.31. The van der Waals surface area contributed by atoms with E-state index in [-0.39, 0.29) is 0 Å². The van der Waals surface area contributed by atoms with Crippen molar-refractivity contribution in [3.8, 4) is 12.3 Å². The normalized spacial score (nSPS) is 36.4. The zero-order valence-electron chi connectivity index (χ0n) is 7.96. The summed E-state index contributed by atoms with van der Waals surface area (Å²) in [7, 11) is 0. The molecule has 1 saturated heterocycles. The van der Waals surface area contributed by atoms with Crippen LogP contribution in [0.1, 0.15) is 20.8 Å². The van der Waals surface area contributed by atoms with Crippen molar-refractivity contribution >= 4 is 0 Å². The van der Waals surface area contributed by atoms with Crippen LogP contribution in [0.2, 0.25) is 0 Å². The second-order valence-electron chi connectivity index (χ2n) is 3.72. The van der Waals surface area contributed by atoms with Crippen LogP contribution in [0.3, 0.4) is 0 Å². The largest absolute Gasteiger partial charge is 0.340 e. The number of rotatable bonds is 1. The zero-order valence-corrected chi connectivity index (χ0v) is 7.96. The average Bonchev–Trinajstić information content (AvgIpc) is 2.05. The molecular weight excluding hydrogens is 152 g/mol. The highest BCUT2D eigenvalue weighted by Crippen LogP contribution is 2.24. The van der Waals surface area contributed by atoms with Crippen LogP contribution < -0.4 is 0 Å². The van der Waals surface area contributed by atoms with Gasteiger partial charge in [-0.25, -0.2) is 0 Å². The topological polar surface area (TPSA) is 18.5 Å². The Balaban J connectivity index is 2.46. The first-order chi connectivity index (χ1) is 5.57. The van der Waals surface area contributed by atoms with Crippen LogP contribution in [0.4, 0.5) is 0 Å². The van der Waals surface area contributed by atoms with Gasteiger partial charge in [0.05, 0.1) is 13.2 Å². The summed E-state index contributed by atoms with van der Waals surface area (Å²) in [5.41, 5.74) is 0. The lowest BCUT2D eigenvalue weighted by Crippen LogP contribution is -2.42. The van der Waals surface area contributed by atoms with Crippen LogP contribution in [-0.2, 0) is 9.47 Å². The molecule has 0 atom stereocenters. The number of ether oxygens (including phenoxy) is 2. The van der Waals surface area contributed by atoms with Gasteiger partial charge in [-0.3, -0.25) is 0 Å². The van der Waals surface area contributed by atoms with E-state index in [0.29, 0.717) is 25.0 Å². The van der Waals surface area contributed by atoms with E-state index < -0.39 is 5.79 Å². The SMILES string of the molecule is C#CC1(C)OCC(C(C)C)CO1. The third-order valence-corrected chi connectivity index (χ3v) is 2.35. The number of hydrogen-bond donors (Lipinski definition) is 0. The molecule has 0 bridgehead atoms. The van der Waals surface area contributed by atoms with Crippen LogP contribution in [0.25, 0.3) is 0 Å². The van der Waals surface area contributed by atoms with Crippen LogP contribution in [-0.4, -0.2) is 19.0 Å². The van der Waals surface area contributed by atoms with Gasteiger partial charge in [0.15, 0.2) is 0 Å². The van der Waals surface area contributed by atoms with Crippen LogP contribution in [0, 0.1) is 24.2 Å². The molecule has 1 heterocycles. The van der Waals surface area contributed by atoms with Gasteiger partial charge in [0.1, 0.15) is 0 Å². The second kappa shape index (κ2) is 3.47. The maximum atomic E-state index is 5.43. The summed E-state index contributed by atoms with van der Waals surface area (Å²) in [5, 5.41) is 0. The summed E-state index contributed by atoms with van der Waals surface area (Å²) in [6.07, 6.45) is 5.26. The molecular formula is C10H16O2. The molecule has 0 aliphatic carbocycles. The fourth-order valence-electron chi connectivity index (χ4n) is 1.09. The summed E-state index contributed by atoms with van der Waals surface area (Å²) in [6.45, 7) is 7.52. The molecule has 68 valence electrons. The van der Waals surface area contributed by atoms with Gasteiger partial charge in [-0.1, -0.05) is 13.8 Å². The molecule has 0 unspecified atom stereocenters. The molecule has 0 N–H and O–H groups in total. The number of hydrogen-bond acceptors (Lipinski definition) is 2. The molecule has 2 nitrogen and oxygen atoms in total. The summed E-state index contributed by atoms with van der Waals surface area (Å²) in [5.74, 6) is 2.78. The van der Waals surface area contributed by atoms with E-state index >= 15 is 0 Å². The molecule has 1 fully saturated rings. The van der Waals surface area contributed by atoms with Crippen molar-refractivity contribution in [2.24, 2.45) is 11.8 Å². The summed E-state index contributed by atoms with van der Waals surface area (Å²) in [4.78, 5) is 0. The first kappa shape index (κ1) is 9.57. The molecule has 0 aromatic heterocycles. The van der Waals surface area contributed by atoms with E-state index in [2.05, 4.69) is 19.8 Å². The van der Waals surface area contributed by atoms with Crippen LogP contribution in [0.5, 0.6) is 0 Å². The maximum absolute atomic E-state index is 5.43. The van der Waals surface area contributed by atoms with Crippen LogP contribution in [0.15, 0.2) is 0 Å². The monoisotopic (exact) mass is 168 g/mol. The highest BCUT2D eigenvalue weighted by molar-refractivity contribution is 5.01. The Kier molecular flexibility index (Phi) is 2.76. The molecule has 0 radical (unpaired) electrons. The Labute approximate surface area is 74.2 Å². The van der Waals surface area contributed by atoms with Crippen molar-refractivity contribution in [3.05, 3.63) is 0 Å². The molecule has 0 amide bonds.